The fraction of sp³-hybridized carbons (Fsp3) is 0.333. The Labute approximate surface area is 132 Å². The molecular weight excluding hydrogens is 281 g/mol. The summed E-state index contributed by atoms with van der Waals surface area (Å²) in [5.41, 5.74) is 2.36. The van der Waals surface area contributed by atoms with Crippen molar-refractivity contribution >= 4 is 0 Å². The third-order valence-corrected chi connectivity index (χ3v) is 3.02. The lowest BCUT2D eigenvalue weighted by Crippen LogP contribution is -1.93. The minimum Gasteiger partial charge on any atom is -0.258 e. The normalized spacial score (nSPS) is 15.2. The summed E-state index contributed by atoms with van der Waals surface area (Å²) in [4.78, 5) is 10.3. The molecule has 0 amide bonds. The van der Waals surface area contributed by atoms with E-state index in [1.807, 2.05) is 13.0 Å². The van der Waals surface area contributed by atoms with Gasteiger partial charge in [-0.15, -0.1) is 13.2 Å². The van der Waals surface area contributed by atoms with Crippen LogP contribution in [0.1, 0.15) is 39.5 Å². The van der Waals surface area contributed by atoms with Crippen molar-refractivity contribution in [1.82, 2.24) is 0 Å². The van der Waals surface area contributed by atoms with Crippen molar-refractivity contribution < 1.29 is 9.31 Å². The van der Waals surface area contributed by atoms with Gasteiger partial charge in [0, 0.05) is 12.2 Å². The van der Waals surface area contributed by atoms with Gasteiger partial charge in [-0.1, -0.05) is 36.3 Å². The largest absolute Gasteiger partial charge is 0.269 e. The smallest absolute Gasteiger partial charge is 0.258 e. The Hall–Kier alpha value is -2.23. The highest BCUT2D eigenvalue weighted by molar-refractivity contribution is 5.29. The molecule has 0 aromatic heterocycles. The van der Waals surface area contributed by atoms with E-state index in [4.69, 9.17) is 0 Å². The van der Waals surface area contributed by atoms with Gasteiger partial charge in [0.2, 0.25) is 0 Å². The summed E-state index contributed by atoms with van der Waals surface area (Å²) in [6, 6.07) is 0. The maximum Gasteiger partial charge on any atom is 0.269 e. The molecule has 0 aromatic rings. The molecule has 0 heterocycles. The monoisotopic (exact) mass is 305 g/mol. The summed E-state index contributed by atoms with van der Waals surface area (Å²) in [5.74, 6) is -0.0933. The zero-order chi connectivity index (χ0) is 17.0. The molecule has 0 atom stereocenters. The average molecular weight is 305 g/mol. The first-order valence-corrected chi connectivity index (χ1v) is 7.23. The molecule has 1 aliphatic rings. The highest BCUT2D eigenvalue weighted by atomic mass is 19.1. The van der Waals surface area contributed by atoms with Crippen LogP contribution in [0.15, 0.2) is 72.3 Å². The van der Waals surface area contributed by atoms with Crippen molar-refractivity contribution in [1.29, 1.82) is 0 Å². The Kier molecular flexibility index (Phi) is 10.3. The van der Waals surface area contributed by atoms with E-state index in [1.54, 1.807) is 25.2 Å². The van der Waals surface area contributed by atoms with E-state index < -0.39 is 4.92 Å². The Morgan fingerprint density at radius 3 is 2.68 bits per heavy atom. The molecule has 0 radical (unpaired) electrons. The molecule has 0 aliphatic heterocycles. The van der Waals surface area contributed by atoms with Gasteiger partial charge in [-0.2, -0.15) is 0 Å². The molecule has 0 saturated heterocycles. The van der Waals surface area contributed by atoms with Crippen molar-refractivity contribution in [2.24, 2.45) is 0 Å². The molecule has 0 saturated carbocycles. The van der Waals surface area contributed by atoms with Crippen LogP contribution in [0.4, 0.5) is 4.39 Å². The van der Waals surface area contributed by atoms with Gasteiger partial charge in [0.15, 0.2) is 0 Å². The molecule has 0 spiro atoms. The highest BCUT2D eigenvalue weighted by Crippen LogP contribution is 2.19. The van der Waals surface area contributed by atoms with E-state index in [0.29, 0.717) is 19.3 Å². The van der Waals surface area contributed by atoms with Crippen LogP contribution in [-0.4, -0.2) is 4.92 Å². The molecule has 0 fully saturated rings. The van der Waals surface area contributed by atoms with Crippen LogP contribution < -0.4 is 0 Å². The van der Waals surface area contributed by atoms with Crippen molar-refractivity contribution in [3.05, 3.63) is 82.4 Å². The third kappa shape index (κ3) is 8.15. The number of nitrogens with zero attached hydrogens (tertiary/aromatic N) is 1. The summed E-state index contributed by atoms with van der Waals surface area (Å²) in [6.07, 6.45) is 12.7. The van der Waals surface area contributed by atoms with E-state index >= 15 is 0 Å². The summed E-state index contributed by atoms with van der Waals surface area (Å²) >= 11 is 0. The van der Waals surface area contributed by atoms with Crippen molar-refractivity contribution in [3.8, 4) is 0 Å². The summed E-state index contributed by atoms with van der Waals surface area (Å²) in [6.45, 7) is 9.77. The van der Waals surface area contributed by atoms with E-state index in [9.17, 15) is 14.5 Å². The lowest BCUT2D eigenvalue weighted by atomic mass is 10.0. The molecule has 0 aromatic carbocycles. The molecule has 0 unspecified atom stereocenters. The maximum absolute atomic E-state index is 13.0. The molecule has 1 aliphatic carbocycles. The maximum atomic E-state index is 13.0. The van der Waals surface area contributed by atoms with Gasteiger partial charge in [-0.25, -0.2) is 4.39 Å². The molecule has 22 heavy (non-hydrogen) atoms. The summed E-state index contributed by atoms with van der Waals surface area (Å²) in [5, 5.41) is 10.7. The van der Waals surface area contributed by atoms with Crippen LogP contribution in [-0.2, 0) is 0 Å². The zero-order valence-corrected chi connectivity index (χ0v) is 13.3. The average Bonchev–Trinajstić information content (AvgIpc) is 2.74. The number of halogens is 1. The van der Waals surface area contributed by atoms with Crippen LogP contribution in [0.3, 0.4) is 0 Å². The first-order chi connectivity index (χ1) is 10.5. The zero-order valence-electron chi connectivity index (χ0n) is 13.3. The number of allylic oxidation sites excluding steroid dienone is 9. The third-order valence-electron chi connectivity index (χ3n) is 3.02. The molecule has 0 N–H and O–H groups in total. The van der Waals surface area contributed by atoms with Crippen molar-refractivity contribution in [2.75, 3.05) is 0 Å². The minimum absolute atomic E-state index is 0.0933. The quantitative estimate of drug-likeness (QED) is 0.352. The Bertz CT molecular complexity index is 525. The lowest BCUT2D eigenvalue weighted by molar-refractivity contribution is -0.419. The van der Waals surface area contributed by atoms with Crippen molar-refractivity contribution in [2.45, 2.75) is 39.5 Å². The van der Waals surface area contributed by atoms with Crippen molar-refractivity contribution in [3.63, 3.8) is 0 Å². The fourth-order valence-corrected chi connectivity index (χ4v) is 1.87. The second-order valence-electron chi connectivity index (χ2n) is 4.75. The van der Waals surface area contributed by atoms with E-state index in [1.165, 1.54) is 12.2 Å². The fourth-order valence-electron chi connectivity index (χ4n) is 1.87. The molecular formula is C18H24FNO2. The second-order valence-corrected chi connectivity index (χ2v) is 4.75. The number of rotatable bonds is 6. The van der Waals surface area contributed by atoms with E-state index in [-0.39, 0.29) is 11.5 Å². The number of nitro groups is 1. The molecule has 3 nitrogen and oxygen atoms in total. The first kappa shape index (κ1) is 19.8. The molecule has 0 bridgehead atoms. The Morgan fingerprint density at radius 2 is 2.09 bits per heavy atom. The topological polar surface area (TPSA) is 43.1 Å². The SMILES string of the molecule is C=C.CC/C(F)=C\C/C=C(\C)CC1=CC=C([N+](=O)[O-])C=CC1. The molecule has 1 rings (SSSR count). The van der Waals surface area contributed by atoms with Gasteiger partial charge in [-0.3, -0.25) is 10.1 Å². The van der Waals surface area contributed by atoms with Crippen LogP contribution in [0.25, 0.3) is 0 Å². The highest BCUT2D eigenvalue weighted by Gasteiger charge is 2.07. The van der Waals surface area contributed by atoms with E-state index in [0.717, 1.165) is 17.6 Å². The van der Waals surface area contributed by atoms with Crippen LogP contribution >= 0.6 is 0 Å². The van der Waals surface area contributed by atoms with E-state index in [2.05, 4.69) is 13.2 Å². The number of hydrogen-bond acceptors (Lipinski definition) is 2. The van der Waals surface area contributed by atoms with Gasteiger partial charge in [0.05, 0.1) is 10.8 Å². The van der Waals surface area contributed by atoms with Gasteiger partial charge in [-0.05, 0) is 38.7 Å². The Balaban J connectivity index is 0.00000211. The van der Waals surface area contributed by atoms with Gasteiger partial charge < -0.3 is 0 Å². The molecule has 4 heteroatoms. The number of hydrogen-bond donors (Lipinski definition) is 0. The lowest BCUT2D eigenvalue weighted by Gasteiger charge is -2.03. The van der Waals surface area contributed by atoms with Gasteiger partial charge in [0.1, 0.15) is 0 Å². The first-order valence-electron chi connectivity index (χ1n) is 7.23. The standard InChI is InChI=1S/C16H20FNO2.C2H4/c1-3-15(17)8-4-6-13(2)12-14-7-5-9-16(11-10-14)18(19)20;1-2/h5-6,8-11H,3-4,7,12H2,1-2H3;1-2H2/b13-6+,15-8+;. The predicted octanol–water partition coefficient (Wildman–Crippen LogP) is 5.83. The second kappa shape index (κ2) is 11.4. The summed E-state index contributed by atoms with van der Waals surface area (Å²) in [7, 11) is 0. The Morgan fingerprint density at radius 1 is 1.41 bits per heavy atom. The predicted molar refractivity (Wildman–Crippen MR) is 90.6 cm³/mol. The van der Waals surface area contributed by atoms with Crippen LogP contribution in [0.5, 0.6) is 0 Å². The molecule has 120 valence electrons. The summed E-state index contributed by atoms with van der Waals surface area (Å²) < 4.78 is 13.0. The van der Waals surface area contributed by atoms with Crippen LogP contribution in [0.2, 0.25) is 0 Å². The van der Waals surface area contributed by atoms with Gasteiger partial charge >= 0.3 is 0 Å². The van der Waals surface area contributed by atoms with Crippen LogP contribution in [0, 0.1) is 10.1 Å². The minimum atomic E-state index is -0.392. The van der Waals surface area contributed by atoms with Gasteiger partial charge in [0.25, 0.3) is 5.70 Å².